The summed E-state index contributed by atoms with van der Waals surface area (Å²) in [7, 11) is 0. The molecule has 1 atom stereocenters. The molecule has 1 fully saturated rings. The first-order valence-corrected chi connectivity index (χ1v) is 8.28. The monoisotopic (exact) mass is 273 g/mol. The van der Waals surface area contributed by atoms with E-state index in [9.17, 15) is 0 Å². The summed E-state index contributed by atoms with van der Waals surface area (Å²) in [5.41, 5.74) is 1.34. The largest absolute Gasteiger partial charge is 0.493 e. The Balaban J connectivity index is 1.47. The molecule has 0 spiro atoms. The zero-order chi connectivity index (χ0) is 13.8. The van der Waals surface area contributed by atoms with Gasteiger partial charge in [-0.2, -0.15) is 0 Å². The number of para-hydroxylation sites is 1. The van der Waals surface area contributed by atoms with E-state index in [1.165, 1.54) is 37.7 Å². The second-order valence-electron chi connectivity index (χ2n) is 6.60. The fourth-order valence-corrected chi connectivity index (χ4v) is 3.63. The van der Waals surface area contributed by atoms with E-state index in [2.05, 4.69) is 36.5 Å². The van der Waals surface area contributed by atoms with E-state index >= 15 is 0 Å². The average molecular weight is 273 g/mol. The Labute approximate surface area is 122 Å². The van der Waals surface area contributed by atoms with Gasteiger partial charge in [-0.1, -0.05) is 50.8 Å². The Morgan fingerprint density at radius 3 is 2.75 bits per heavy atom. The van der Waals surface area contributed by atoms with Gasteiger partial charge in [-0.15, -0.1) is 0 Å². The van der Waals surface area contributed by atoms with Gasteiger partial charge in [0.05, 0.1) is 6.61 Å². The minimum absolute atomic E-state index is 0.488. The highest BCUT2D eigenvalue weighted by atomic mass is 16.5. The highest BCUT2D eigenvalue weighted by molar-refractivity contribution is 5.37. The molecule has 1 unspecified atom stereocenters. The first-order valence-electron chi connectivity index (χ1n) is 8.28. The summed E-state index contributed by atoms with van der Waals surface area (Å²) in [5, 5.41) is 3.76. The van der Waals surface area contributed by atoms with Gasteiger partial charge in [0.15, 0.2) is 0 Å². The van der Waals surface area contributed by atoms with Gasteiger partial charge in [-0.25, -0.2) is 0 Å². The molecule has 1 aromatic rings. The van der Waals surface area contributed by atoms with Crippen LogP contribution in [-0.2, 0) is 0 Å². The maximum absolute atomic E-state index is 5.72. The van der Waals surface area contributed by atoms with Crippen molar-refractivity contribution in [2.75, 3.05) is 13.2 Å². The molecule has 0 bridgehead atoms. The molecule has 1 N–H and O–H groups in total. The molecule has 3 rings (SSSR count). The first kappa shape index (κ1) is 13.9. The zero-order valence-corrected chi connectivity index (χ0v) is 12.6. The molecule has 0 saturated heterocycles. The molecule has 2 heteroatoms. The van der Waals surface area contributed by atoms with Crippen LogP contribution in [-0.4, -0.2) is 13.2 Å². The fraction of sp³-hybridized carbons (Fsp3) is 0.667. The maximum Gasteiger partial charge on any atom is 0.124 e. The van der Waals surface area contributed by atoms with E-state index < -0.39 is 0 Å². The summed E-state index contributed by atoms with van der Waals surface area (Å²) in [6.07, 6.45) is 8.18. The van der Waals surface area contributed by atoms with Crippen LogP contribution in [0, 0.1) is 11.8 Å². The predicted molar refractivity (Wildman–Crippen MR) is 83.0 cm³/mol. The van der Waals surface area contributed by atoms with E-state index in [4.69, 9.17) is 4.74 Å². The number of benzene rings is 1. The Bertz CT molecular complexity index is 423. The van der Waals surface area contributed by atoms with Crippen LogP contribution in [0.2, 0.25) is 0 Å². The summed E-state index contributed by atoms with van der Waals surface area (Å²) in [6.45, 7) is 4.39. The third-order valence-corrected chi connectivity index (χ3v) is 5.04. The summed E-state index contributed by atoms with van der Waals surface area (Å²) in [4.78, 5) is 0. The number of hydrogen-bond donors (Lipinski definition) is 1. The number of hydrogen-bond acceptors (Lipinski definition) is 2. The van der Waals surface area contributed by atoms with Gasteiger partial charge in [-0.3, -0.25) is 0 Å². The van der Waals surface area contributed by atoms with Crippen LogP contribution < -0.4 is 10.1 Å². The third kappa shape index (κ3) is 3.35. The minimum Gasteiger partial charge on any atom is -0.493 e. The van der Waals surface area contributed by atoms with Crippen molar-refractivity contribution in [1.82, 2.24) is 5.32 Å². The van der Waals surface area contributed by atoms with Crippen molar-refractivity contribution in [1.29, 1.82) is 0 Å². The number of ether oxygens (including phenoxy) is 1. The molecular weight excluding hydrogens is 246 g/mol. The molecule has 110 valence electrons. The van der Waals surface area contributed by atoms with Crippen LogP contribution >= 0.6 is 0 Å². The maximum atomic E-state index is 5.72. The molecule has 0 amide bonds. The number of rotatable bonds is 4. The van der Waals surface area contributed by atoms with Gasteiger partial charge >= 0.3 is 0 Å². The van der Waals surface area contributed by atoms with Crippen LogP contribution in [0.5, 0.6) is 5.75 Å². The normalized spacial score (nSPS) is 29.6. The fourth-order valence-electron chi connectivity index (χ4n) is 3.63. The first-order chi connectivity index (χ1) is 9.83. The molecule has 1 heterocycles. The molecule has 1 aromatic carbocycles. The van der Waals surface area contributed by atoms with Crippen LogP contribution in [0.3, 0.4) is 0 Å². The SMILES string of the molecule is CC1CCC(CCNC2CCOc3ccccc32)CC1. The van der Waals surface area contributed by atoms with E-state index in [1.807, 2.05) is 0 Å². The second kappa shape index (κ2) is 6.62. The zero-order valence-electron chi connectivity index (χ0n) is 12.6. The lowest BCUT2D eigenvalue weighted by Crippen LogP contribution is -2.29. The van der Waals surface area contributed by atoms with Crippen molar-refractivity contribution in [3.63, 3.8) is 0 Å². The predicted octanol–water partition coefficient (Wildman–Crippen LogP) is 4.32. The van der Waals surface area contributed by atoms with Crippen molar-refractivity contribution in [3.05, 3.63) is 29.8 Å². The lowest BCUT2D eigenvalue weighted by atomic mass is 9.81. The van der Waals surface area contributed by atoms with Gasteiger partial charge in [0.2, 0.25) is 0 Å². The molecule has 1 saturated carbocycles. The van der Waals surface area contributed by atoms with E-state index in [0.29, 0.717) is 6.04 Å². The van der Waals surface area contributed by atoms with Gasteiger partial charge in [0.1, 0.15) is 5.75 Å². The summed E-state index contributed by atoms with van der Waals surface area (Å²) < 4.78 is 5.72. The molecule has 0 aromatic heterocycles. The lowest BCUT2D eigenvalue weighted by Gasteiger charge is -2.29. The molecule has 0 radical (unpaired) electrons. The Kier molecular flexibility index (Phi) is 4.62. The summed E-state index contributed by atoms with van der Waals surface area (Å²) in [6, 6.07) is 8.96. The average Bonchev–Trinajstić information content (AvgIpc) is 2.49. The van der Waals surface area contributed by atoms with Crippen LogP contribution in [0.4, 0.5) is 0 Å². The number of fused-ring (bicyclic) bond motifs is 1. The Hall–Kier alpha value is -1.02. The third-order valence-electron chi connectivity index (χ3n) is 5.04. The van der Waals surface area contributed by atoms with Crippen molar-refractivity contribution in [3.8, 4) is 5.75 Å². The molecule has 2 nitrogen and oxygen atoms in total. The Morgan fingerprint density at radius 2 is 1.90 bits per heavy atom. The smallest absolute Gasteiger partial charge is 0.124 e. The van der Waals surface area contributed by atoms with Gasteiger partial charge in [-0.05, 0) is 30.9 Å². The van der Waals surface area contributed by atoms with Gasteiger partial charge in [0.25, 0.3) is 0 Å². The van der Waals surface area contributed by atoms with Crippen molar-refractivity contribution < 1.29 is 4.74 Å². The highest BCUT2D eigenvalue weighted by Crippen LogP contribution is 2.33. The van der Waals surface area contributed by atoms with Crippen LogP contribution in [0.15, 0.2) is 24.3 Å². The quantitative estimate of drug-likeness (QED) is 0.882. The van der Waals surface area contributed by atoms with Crippen LogP contribution in [0.25, 0.3) is 0 Å². The van der Waals surface area contributed by atoms with E-state index in [0.717, 1.165) is 37.2 Å². The molecule has 1 aliphatic heterocycles. The van der Waals surface area contributed by atoms with E-state index in [-0.39, 0.29) is 0 Å². The van der Waals surface area contributed by atoms with E-state index in [1.54, 1.807) is 0 Å². The molecule has 20 heavy (non-hydrogen) atoms. The number of nitrogens with one attached hydrogen (secondary N) is 1. The van der Waals surface area contributed by atoms with Crippen molar-refractivity contribution in [2.24, 2.45) is 11.8 Å². The van der Waals surface area contributed by atoms with Crippen molar-refractivity contribution in [2.45, 2.75) is 51.5 Å². The molecule has 2 aliphatic rings. The standard InChI is InChI=1S/C18H27NO/c1-14-6-8-15(9-7-14)10-12-19-17-11-13-20-18-5-3-2-4-16(17)18/h2-5,14-15,17,19H,6-13H2,1H3. The highest BCUT2D eigenvalue weighted by Gasteiger charge is 2.22. The minimum atomic E-state index is 0.488. The van der Waals surface area contributed by atoms with Gasteiger partial charge in [0, 0.05) is 18.0 Å². The summed E-state index contributed by atoms with van der Waals surface area (Å²) in [5.74, 6) is 2.98. The summed E-state index contributed by atoms with van der Waals surface area (Å²) >= 11 is 0. The van der Waals surface area contributed by atoms with Gasteiger partial charge < -0.3 is 10.1 Å². The van der Waals surface area contributed by atoms with Crippen molar-refractivity contribution >= 4 is 0 Å². The molecule has 1 aliphatic carbocycles. The topological polar surface area (TPSA) is 21.3 Å². The van der Waals surface area contributed by atoms with Crippen LogP contribution in [0.1, 0.15) is 57.1 Å². The lowest BCUT2D eigenvalue weighted by molar-refractivity contribution is 0.242. The Morgan fingerprint density at radius 1 is 1.10 bits per heavy atom. The molecular formula is C18H27NO. The second-order valence-corrected chi connectivity index (χ2v) is 6.60.